The zero-order chi connectivity index (χ0) is 22.5. The first-order chi connectivity index (χ1) is 15.6. The molecule has 166 valence electrons. The summed E-state index contributed by atoms with van der Waals surface area (Å²) in [5, 5.41) is 3.44. The molecule has 1 N–H and O–H groups in total. The third-order valence-electron chi connectivity index (χ3n) is 5.52. The number of carbonyl (C=O) groups is 1. The fraction of sp³-hybridized carbons (Fsp3) is 0.292. The van der Waals surface area contributed by atoms with Gasteiger partial charge in [0.15, 0.2) is 0 Å². The summed E-state index contributed by atoms with van der Waals surface area (Å²) < 4.78 is 10.5. The van der Waals surface area contributed by atoms with Gasteiger partial charge in [-0.15, -0.1) is 0 Å². The van der Waals surface area contributed by atoms with E-state index in [4.69, 9.17) is 9.47 Å². The molecule has 0 fully saturated rings. The van der Waals surface area contributed by atoms with Crippen molar-refractivity contribution in [2.45, 2.75) is 13.0 Å². The number of hydrogen-bond acceptors (Lipinski definition) is 7. The SMILES string of the molecule is COc1ccc(CCNc2ncnc3c2CN(c2ccc(OC)cc2)C(=O)CN3C)cc1. The van der Waals surface area contributed by atoms with E-state index in [-0.39, 0.29) is 12.5 Å². The highest BCUT2D eigenvalue weighted by atomic mass is 16.5. The van der Waals surface area contributed by atoms with Crippen LogP contribution in [0.15, 0.2) is 54.9 Å². The van der Waals surface area contributed by atoms with Crippen LogP contribution in [-0.4, -0.2) is 50.2 Å². The molecular formula is C24H27N5O3. The predicted molar refractivity (Wildman–Crippen MR) is 125 cm³/mol. The summed E-state index contributed by atoms with van der Waals surface area (Å²) in [5.74, 6) is 3.09. The van der Waals surface area contributed by atoms with Gasteiger partial charge >= 0.3 is 0 Å². The van der Waals surface area contributed by atoms with Crippen molar-refractivity contribution >= 4 is 23.2 Å². The van der Waals surface area contributed by atoms with Gasteiger partial charge in [0.05, 0.1) is 32.9 Å². The van der Waals surface area contributed by atoms with Crippen LogP contribution in [0, 0.1) is 0 Å². The van der Waals surface area contributed by atoms with Gasteiger partial charge in [-0.05, 0) is 48.4 Å². The smallest absolute Gasteiger partial charge is 0.246 e. The Morgan fingerprint density at radius 2 is 1.59 bits per heavy atom. The maximum atomic E-state index is 13.0. The normalized spacial score (nSPS) is 13.4. The Kier molecular flexibility index (Phi) is 6.39. The summed E-state index contributed by atoms with van der Waals surface area (Å²) in [6.45, 7) is 1.33. The lowest BCUT2D eigenvalue weighted by atomic mass is 10.1. The number of nitrogens with zero attached hydrogens (tertiary/aromatic N) is 4. The van der Waals surface area contributed by atoms with Crippen LogP contribution in [0.1, 0.15) is 11.1 Å². The van der Waals surface area contributed by atoms with Crippen LogP contribution < -0.4 is 24.6 Å². The van der Waals surface area contributed by atoms with Gasteiger partial charge < -0.3 is 24.6 Å². The molecule has 0 spiro atoms. The zero-order valence-corrected chi connectivity index (χ0v) is 18.5. The quantitative estimate of drug-likeness (QED) is 0.613. The predicted octanol–water partition coefficient (Wildman–Crippen LogP) is 3.13. The molecule has 1 amide bonds. The van der Waals surface area contributed by atoms with E-state index in [0.717, 1.165) is 40.8 Å². The summed E-state index contributed by atoms with van der Waals surface area (Å²) in [4.78, 5) is 25.6. The maximum absolute atomic E-state index is 13.0. The molecule has 3 aromatic rings. The third kappa shape index (κ3) is 4.59. The van der Waals surface area contributed by atoms with Crippen LogP contribution in [0.25, 0.3) is 0 Å². The molecule has 0 unspecified atom stereocenters. The molecule has 0 saturated carbocycles. The molecule has 1 aliphatic heterocycles. The minimum atomic E-state index is -0.000139. The number of ether oxygens (including phenoxy) is 2. The third-order valence-corrected chi connectivity index (χ3v) is 5.52. The lowest BCUT2D eigenvalue weighted by Crippen LogP contribution is -2.35. The number of hydrogen-bond donors (Lipinski definition) is 1. The Balaban J connectivity index is 1.54. The van der Waals surface area contributed by atoms with Crippen molar-refractivity contribution in [1.29, 1.82) is 0 Å². The molecule has 8 nitrogen and oxygen atoms in total. The molecule has 8 heteroatoms. The zero-order valence-electron chi connectivity index (χ0n) is 18.5. The number of aromatic nitrogens is 2. The van der Waals surface area contributed by atoms with Crippen LogP contribution in [-0.2, 0) is 17.8 Å². The second-order valence-corrected chi connectivity index (χ2v) is 7.58. The highest BCUT2D eigenvalue weighted by Crippen LogP contribution is 2.30. The number of rotatable bonds is 7. The number of amides is 1. The second-order valence-electron chi connectivity index (χ2n) is 7.58. The highest BCUT2D eigenvalue weighted by Gasteiger charge is 2.28. The monoisotopic (exact) mass is 433 g/mol. The average Bonchev–Trinajstić information content (AvgIpc) is 2.95. The topological polar surface area (TPSA) is 79.8 Å². The van der Waals surface area contributed by atoms with Crippen LogP contribution in [0.2, 0.25) is 0 Å². The maximum Gasteiger partial charge on any atom is 0.246 e. The Bertz CT molecular complexity index is 1070. The molecule has 0 aliphatic carbocycles. The van der Waals surface area contributed by atoms with E-state index in [2.05, 4.69) is 27.4 Å². The number of nitrogens with one attached hydrogen (secondary N) is 1. The van der Waals surface area contributed by atoms with E-state index in [1.807, 2.05) is 48.3 Å². The van der Waals surface area contributed by atoms with Gasteiger partial charge in [0.25, 0.3) is 0 Å². The van der Waals surface area contributed by atoms with Gasteiger partial charge in [-0.3, -0.25) is 4.79 Å². The summed E-state index contributed by atoms with van der Waals surface area (Å²) in [7, 11) is 5.16. The molecule has 4 rings (SSSR count). The first-order valence-corrected chi connectivity index (χ1v) is 10.4. The van der Waals surface area contributed by atoms with Gasteiger partial charge in [0.2, 0.25) is 5.91 Å². The molecule has 0 atom stereocenters. The van der Waals surface area contributed by atoms with Gasteiger partial charge in [0, 0.05) is 19.3 Å². The minimum absolute atomic E-state index is 0.000139. The summed E-state index contributed by atoms with van der Waals surface area (Å²) >= 11 is 0. The molecule has 0 saturated heterocycles. The van der Waals surface area contributed by atoms with Crippen LogP contribution in [0.4, 0.5) is 17.3 Å². The van der Waals surface area contributed by atoms with Crippen molar-refractivity contribution in [2.24, 2.45) is 0 Å². The largest absolute Gasteiger partial charge is 0.497 e. The van der Waals surface area contributed by atoms with Crippen molar-refractivity contribution in [1.82, 2.24) is 9.97 Å². The fourth-order valence-electron chi connectivity index (χ4n) is 3.75. The van der Waals surface area contributed by atoms with E-state index in [9.17, 15) is 4.79 Å². The molecule has 0 radical (unpaired) electrons. The lowest BCUT2D eigenvalue weighted by molar-refractivity contribution is -0.117. The first kappa shape index (κ1) is 21.4. The van der Waals surface area contributed by atoms with Crippen LogP contribution in [0.5, 0.6) is 11.5 Å². The van der Waals surface area contributed by atoms with Gasteiger partial charge in [-0.1, -0.05) is 12.1 Å². The Labute approximate surface area is 187 Å². The van der Waals surface area contributed by atoms with Gasteiger partial charge in [-0.2, -0.15) is 0 Å². The summed E-state index contributed by atoms with van der Waals surface area (Å²) in [6, 6.07) is 15.5. The lowest BCUT2D eigenvalue weighted by Gasteiger charge is -2.22. The Morgan fingerprint density at radius 1 is 0.938 bits per heavy atom. The van der Waals surface area contributed by atoms with E-state index in [0.29, 0.717) is 13.1 Å². The number of methoxy groups -OCH3 is 2. The first-order valence-electron chi connectivity index (χ1n) is 10.4. The van der Waals surface area contributed by atoms with Crippen molar-refractivity contribution in [3.8, 4) is 11.5 Å². The molecule has 1 aliphatic rings. The van der Waals surface area contributed by atoms with Crippen molar-refractivity contribution < 1.29 is 14.3 Å². The van der Waals surface area contributed by atoms with E-state index < -0.39 is 0 Å². The van der Waals surface area contributed by atoms with E-state index in [1.54, 1.807) is 25.4 Å². The Hall–Kier alpha value is -3.81. The number of fused-ring (bicyclic) bond motifs is 1. The Morgan fingerprint density at radius 3 is 2.25 bits per heavy atom. The molecule has 0 bridgehead atoms. The molecule has 32 heavy (non-hydrogen) atoms. The second kappa shape index (κ2) is 9.55. The van der Waals surface area contributed by atoms with Crippen molar-refractivity contribution in [2.75, 3.05) is 49.5 Å². The number of carbonyl (C=O) groups excluding carboxylic acids is 1. The fourth-order valence-corrected chi connectivity index (χ4v) is 3.75. The van der Waals surface area contributed by atoms with Crippen molar-refractivity contribution in [3.05, 3.63) is 66.0 Å². The van der Waals surface area contributed by atoms with E-state index >= 15 is 0 Å². The summed E-state index contributed by atoms with van der Waals surface area (Å²) in [5.41, 5.74) is 2.90. The molecule has 2 heterocycles. The van der Waals surface area contributed by atoms with E-state index in [1.165, 1.54) is 5.56 Å². The minimum Gasteiger partial charge on any atom is -0.497 e. The average molecular weight is 434 g/mol. The summed E-state index contributed by atoms with van der Waals surface area (Å²) in [6.07, 6.45) is 2.37. The van der Waals surface area contributed by atoms with Gasteiger partial charge in [0.1, 0.15) is 29.5 Å². The van der Waals surface area contributed by atoms with Crippen LogP contribution >= 0.6 is 0 Å². The number of anilines is 3. The van der Waals surface area contributed by atoms with Crippen LogP contribution in [0.3, 0.4) is 0 Å². The van der Waals surface area contributed by atoms with Crippen molar-refractivity contribution in [3.63, 3.8) is 0 Å². The molecule has 1 aromatic heterocycles. The molecule has 2 aromatic carbocycles. The van der Waals surface area contributed by atoms with Gasteiger partial charge in [-0.25, -0.2) is 9.97 Å². The number of likely N-dealkylation sites (N-methyl/N-ethyl adjacent to an activating group) is 1. The standard InChI is InChI=1S/C24H27N5O3/c1-28-15-22(30)29(18-6-10-20(32-3)11-7-18)14-21-23(26-16-27-24(21)28)25-13-12-17-4-8-19(31-2)9-5-17/h4-11,16H,12-15H2,1-3H3,(H,25,26,27). The molecular weight excluding hydrogens is 406 g/mol. The highest BCUT2D eigenvalue weighted by molar-refractivity contribution is 5.97. The number of benzene rings is 2.